The van der Waals surface area contributed by atoms with E-state index in [1.807, 2.05) is 6.07 Å². The van der Waals surface area contributed by atoms with E-state index in [0.29, 0.717) is 5.69 Å². The minimum Gasteiger partial charge on any atom is -0.385 e. The Morgan fingerprint density at radius 1 is 1.43 bits per heavy atom. The first-order valence-corrected chi connectivity index (χ1v) is 4.99. The van der Waals surface area contributed by atoms with Gasteiger partial charge in [0, 0.05) is 13.6 Å². The topological polar surface area (TPSA) is 15.3 Å². The summed E-state index contributed by atoms with van der Waals surface area (Å²) < 4.78 is 13.3. The third kappa shape index (κ3) is 1.73. The summed E-state index contributed by atoms with van der Waals surface area (Å²) in [7, 11) is 1.76. The highest BCUT2D eigenvalue weighted by molar-refractivity contribution is 5.51. The Kier molecular flexibility index (Phi) is 2.68. The van der Waals surface area contributed by atoms with E-state index in [1.165, 1.54) is 12.5 Å². The minimum absolute atomic E-state index is 0.162. The fraction of sp³-hybridized carbons (Fsp3) is 0.455. The maximum atomic E-state index is 13.3. The monoisotopic (exact) mass is 194 g/mol. The normalized spacial score (nSPS) is 16.4. The van der Waals surface area contributed by atoms with Crippen LogP contribution in [0, 0.1) is 5.82 Å². The van der Waals surface area contributed by atoms with Crippen LogP contribution < -0.4 is 5.32 Å². The zero-order chi connectivity index (χ0) is 9.97. The number of nitrogens with one attached hydrogen (secondary N) is 1. The zero-order valence-electron chi connectivity index (χ0n) is 8.39. The predicted molar refractivity (Wildman–Crippen MR) is 55.8 cm³/mol. The zero-order valence-corrected chi connectivity index (χ0v) is 8.39. The van der Waals surface area contributed by atoms with E-state index >= 15 is 0 Å². The van der Waals surface area contributed by atoms with Crippen LogP contribution in [0.25, 0.3) is 0 Å². The average Bonchev–Trinajstić information content (AvgIpc) is 2.11. The molecule has 0 atom stereocenters. The Labute approximate surface area is 83.7 Å². The van der Waals surface area contributed by atoms with Gasteiger partial charge in [0.15, 0.2) is 0 Å². The molecule has 0 radical (unpaired) electrons. The van der Waals surface area contributed by atoms with Crippen molar-refractivity contribution in [3.05, 3.63) is 29.6 Å². The van der Waals surface area contributed by atoms with E-state index in [2.05, 4.69) is 10.2 Å². The second kappa shape index (κ2) is 3.96. The summed E-state index contributed by atoms with van der Waals surface area (Å²) >= 11 is 0. The van der Waals surface area contributed by atoms with E-state index in [9.17, 15) is 4.39 Å². The molecule has 14 heavy (non-hydrogen) atoms. The van der Waals surface area contributed by atoms with Crippen LogP contribution in [0.1, 0.15) is 12.0 Å². The van der Waals surface area contributed by atoms with Crippen molar-refractivity contribution in [2.75, 3.05) is 25.5 Å². The molecule has 0 aromatic heterocycles. The summed E-state index contributed by atoms with van der Waals surface area (Å²) in [5.41, 5.74) is 1.69. The van der Waals surface area contributed by atoms with Gasteiger partial charge in [-0.1, -0.05) is 12.1 Å². The van der Waals surface area contributed by atoms with Crippen molar-refractivity contribution in [2.45, 2.75) is 13.0 Å². The van der Waals surface area contributed by atoms with Crippen molar-refractivity contribution in [1.29, 1.82) is 0 Å². The molecule has 2 nitrogen and oxygen atoms in total. The summed E-state index contributed by atoms with van der Waals surface area (Å²) in [6.07, 6.45) is 1.27. The van der Waals surface area contributed by atoms with Crippen molar-refractivity contribution >= 4 is 5.69 Å². The molecule has 0 amide bonds. The molecule has 1 aliphatic rings. The van der Waals surface area contributed by atoms with Gasteiger partial charge in [0.25, 0.3) is 0 Å². The molecule has 1 heterocycles. The molecule has 1 saturated heterocycles. The minimum atomic E-state index is -0.162. The number of para-hydroxylation sites is 1. The Morgan fingerprint density at radius 2 is 2.21 bits per heavy atom. The van der Waals surface area contributed by atoms with E-state index in [1.54, 1.807) is 13.1 Å². The third-order valence-corrected chi connectivity index (χ3v) is 2.69. The highest BCUT2D eigenvalue weighted by Crippen LogP contribution is 2.22. The van der Waals surface area contributed by atoms with Crippen molar-refractivity contribution in [3.63, 3.8) is 0 Å². The second-order valence-electron chi connectivity index (χ2n) is 3.65. The number of benzene rings is 1. The average molecular weight is 194 g/mol. The van der Waals surface area contributed by atoms with E-state index in [0.717, 1.165) is 25.2 Å². The number of halogens is 1. The molecule has 0 bridgehead atoms. The van der Waals surface area contributed by atoms with Crippen LogP contribution in [0.3, 0.4) is 0 Å². The molecular formula is C11H15FN2. The predicted octanol–water partition coefficient (Wildman–Crippen LogP) is 2.07. The molecule has 0 spiro atoms. The molecule has 1 N–H and O–H groups in total. The van der Waals surface area contributed by atoms with Gasteiger partial charge in [-0.2, -0.15) is 0 Å². The van der Waals surface area contributed by atoms with Gasteiger partial charge in [0.05, 0.1) is 5.69 Å². The molecule has 0 saturated carbocycles. The molecule has 0 unspecified atom stereocenters. The SMILES string of the molecule is CNc1c(F)cccc1CN1CCC1. The first-order valence-electron chi connectivity index (χ1n) is 4.99. The maximum absolute atomic E-state index is 13.3. The van der Waals surface area contributed by atoms with Crippen LogP contribution in [0.5, 0.6) is 0 Å². The first-order chi connectivity index (χ1) is 6.81. The Bertz CT molecular complexity index is 321. The van der Waals surface area contributed by atoms with Gasteiger partial charge in [0.2, 0.25) is 0 Å². The summed E-state index contributed by atoms with van der Waals surface area (Å²) in [5.74, 6) is -0.162. The van der Waals surface area contributed by atoms with E-state index in [-0.39, 0.29) is 5.82 Å². The van der Waals surface area contributed by atoms with Crippen LogP contribution in [0.15, 0.2) is 18.2 Å². The lowest BCUT2D eigenvalue weighted by molar-refractivity contribution is 0.173. The molecule has 76 valence electrons. The van der Waals surface area contributed by atoms with Gasteiger partial charge < -0.3 is 5.32 Å². The number of hydrogen-bond acceptors (Lipinski definition) is 2. The molecule has 2 rings (SSSR count). The molecule has 1 aromatic carbocycles. The molecular weight excluding hydrogens is 179 g/mol. The van der Waals surface area contributed by atoms with Gasteiger partial charge >= 0.3 is 0 Å². The lowest BCUT2D eigenvalue weighted by atomic mass is 10.1. The lowest BCUT2D eigenvalue weighted by Gasteiger charge is -2.31. The highest BCUT2D eigenvalue weighted by atomic mass is 19.1. The highest BCUT2D eigenvalue weighted by Gasteiger charge is 2.16. The first kappa shape index (κ1) is 9.46. The third-order valence-electron chi connectivity index (χ3n) is 2.69. The van der Waals surface area contributed by atoms with Crippen LogP contribution in [-0.2, 0) is 6.54 Å². The van der Waals surface area contributed by atoms with Crippen molar-refractivity contribution in [3.8, 4) is 0 Å². The van der Waals surface area contributed by atoms with Gasteiger partial charge in [-0.3, -0.25) is 4.90 Å². The molecule has 3 heteroatoms. The molecule has 0 aliphatic carbocycles. The van der Waals surface area contributed by atoms with E-state index < -0.39 is 0 Å². The fourth-order valence-electron chi connectivity index (χ4n) is 1.76. The molecule has 1 aromatic rings. The van der Waals surface area contributed by atoms with Crippen molar-refractivity contribution in [2.24, 2.45) is 0 Å². The van der Waals surface area contributed by atoms with Crippen LogP contribution in [0.2, 0.25) is 0 Å². The number of nitrogens with zero attached hydrogens (tertiary/aromatic N) is 1. The van der Waals surface area contributed by atoms with Gasteiger partial charge in [-0.25, -0.2) is 4.39 Å². The quantitative estimate of drug-likeness (QED) is 0.792. The number of rotatable bonds is 3. The number of hydrogen-bond donors (Lipinski definition) is 1. The maximum Gasteiger partial charge on any atom is 0.146 e. The smallest absolute Gasteiger partial charge is 0.146 e. The molecule has 1 fully saturated rings. The number of likely N-dealkylation sites (tertiary alicyclic amines) is 1. The van der Waals surface area contributed by atoms with Crippen LogP contribution >= 0.6 is 0 Å². The van der Waals surface area contributed by atoms with Crippen LogP contribution in [-0.4, -0.2) is 25.0 Å². The summed E-state index contributed by atoms with van der Waals surface area (Å²) in [6.45, 7) is 3.13. The second-order valence-corrected chi connectivity index (χ2v) is 3.65. The summed E-state index contributed by atoms with van der Waals surface area (Å²) in [5, 5.41) is 2.92. The summed E-state index contributed by atoms with van der Waals surface area (Å²) in [6, 6.07) is 5.24. The van der Waals surface area contributed by atoms with Crippen LogP contribution in [0.4, 0.5) is 10.1 Å². The fourth-order valence-corrected chi connectivity index (χ4v) is 1.76. The number of anilines is 1. The Hall–Kier alpha value is -1.09. The van der Waals surface area contributed by atoms with Gasteiger partial charge in [0.1, 0.15) is 5.82 Å². The Morgan fingerprint density at radius 3 is 2.79 bits per heavy atom. The van der Waals surface area contributed by atoms with Gasteiger partial charge in [-0.15, -0.1) is 0 Å². The van der Waals surface area contributed by atoms with Crippen molar-refractivity contribution in [1.82, 2.24) is 4.90 Å². The standard InChI is InChI=1S/C11H15FN2/c1-13-11-9(4-2-5-10(11)12)8-14-6-3-7-14/h2,4-5,13H,3,6-8H2,1H3. The lowest BCUT2D eigenvalue weighted by Crippen LogP contribution is -2.36. The van der Waals surface area contributed by atoms with Crippen molar-refractivity contribution < 1.29 is 4.39 Å². The summed E-state index contributed by atoms with van der Waals surface area (Å²) in [4.78, 5) is 2.32. The Balaban J connectivity index is 2.17. The molecule has 1 aliphatic heterocycles. The van der Waals surface area contributed by atoms with E-state index in [4.69, 9.17) is 0 Å². The van der Waals surface area contributed by atoms with Gasteiger partial charge in [-0.05, 0) is 31.1 Å². The largest absolute Gasteiger partial charge is 0.385 e.